The Balaban J connectivity index is 1.77. The Labute approximate surface area is 123 Å². The van der Waals surface area contributed by atoms with Crippen LogP contribution >= 0.6 is 22.9 Å². The second-order valence-corrected chi connectivity index (χ2v) is 6.94. The van der Waals surface area contributed by atoms with Crippen LogP contribution in [0, 0.1) is 0 Å². The molecule has 0 spiro atoms. The standard InChI is InChI=1S/C16H18ClNS/c1-11(12-6-3-2-4-7-12)18-14-8-5-9-15-13(14)10-16(17)19-15/h2-4,6-7,10-11,14,18H,5,8-9H2,1H3. The van der Waals surface area contributed by atoms with Gasteiger partial charge in [-0.3, -0.25) is 0 Å². The average Bonchev–Trinajstić information content (AvgIpc) is 2.81. The molecule has 1 aliphatic rings. The van der Waals surface area contributed by atoms with E-state index < -0.39 is 0 Å². The molecule has 1 N–H and O–H groups in total. The van der Waals surface area contributed by atoms with E-state index in [2.05, 4.69) is 48.6 Å². The minimum absolute atomic E-state index is 0.371. The van der Waals surface area contributed by atoms with Gasteiger partial charge >= 0.3 is 0 Å². The Morgan fingerprint density at radius 2 is 2.11 bits per heavy atom. The molecule has 1 nitrogen and oxygen atoms in total. The zero-order chi connectivity index (χ0) is 13.2. The molecule has 0 saturated carbocycles. The molecule has 3 heteroatoms. The van der Waals surface area contributed by atoms with E-state index in [1.165, 1.54) is 35.3 Å². The number of hydrogen-bond acceptors (Lipinski definition) is 2. The third-order valence-corrected chi connectivity index (χ3v) is 5.17. The Kier molecular flexibility index (Phi) is 3.92. The van der Waals surface area contributed by atoms with Crippen LogP contribution in [0.3, 0.4) is 0 Å². The summed E-state index contributed by atoms with van der Waals surface area (Å²) in [5.74, 6) is 0. The van der Waals surface area contributed by atoms with Crippen LogP contribution in [0.4, 0.5) is 0 Å². The van der Waals surface area contributed by atoms with Gasteiger partial charge in [-0.1, -0.05) is 41.9 Å². The first kappa shape index (κ1) is 13.2. The van der Waals surface area contributed by atoms with Crippen molar-refractivity contribution < 1.29 is 0 Å². The van der Waals surface area contributed by atoms with Crippen molar-refractivity contribution in [2.75, 3.05) is 0 Å². The molecule has 0 fully saturated rings. The zero-order valence-electron chi connectivity index (χ0n) is 11.0. The van der Waals surface area contributed by atoms with Gasteiger partial charge in [0, 0.05) is 17.0 Å². The first-order valence-electron chi connectivity index (χ1n) is 6.83. The molecule has 2 atom stereocenters. The van der Waals surface area contributed by atoms with Crippen LogP contribution in [-0.4, -0.2) is 0 Å². The lowest BCUT2D eigenvalue weighted by Gasteiger charge is -2.27. The van der Waals surface area contributed by atoms with Crippen molar-refractivity contribution >= 4 is 22.9 Å². The Morgan fingerprint density at radius 1 is 1.32 bits per heavy atom. The largest absolute Gasteiger partial charge is 0.303 e. The number of benzene rings is 1. The highest BCUT2D eigenvalue weighted by atomic mass is 35.5. The number of thiophene rings is 1. The monoisotopic (exact) mass is 291 g/mol. The van der Waals surface area contributed by atoms with Crippen molar-refractivity contribution in [1.82, 2.24) is 5.32 Å². The van der Waals surface area contributed by atoms with E-state index in [1.54, 1.807) is 11.3 Å². The SMILES string of the molecule is CC(NC1CCCc2sc(Cl)cc21)c1ccccc1. The summed E-state index contributed by atoms with van der Waals surface area (Å²) in [4.78, 5) is 1.47. The first-order chi connectivity index (χ1) is 9.24. The highest BCUT2D eigenvalue weighted by Crippen LogP contribution is 2.38. The number of fused-ring (bicyclic) bond motifs is 1. The number of rotatable bonds is 3. The summed E-state index contributed by atoms with van der Waals surface area (Å²) in [6, 6.07) is 13.6. The van der Waals surface area contributed by atoms with Gasteiger partial charge in [-0.05, 0) is 43.4 Å². The molecule has 0 bridgehead atoms. The molecular weight excluding hydrogens is 274 g/mol. The molecule has 0 saturated heterocycles. The van der Waals surface area contributed by atoms with Crippen molar-refractivity contribution in [3.05, 3.63) is 56.7 Å². The molecule has 2 unspecified atom stereocenters. The minimum Gasteiger partial charge on any atom is -0.303 e. The average molecular weight is 292 g/mol. The highest BCUT2D eigenvalue weighted by molar-refractivity contribution is 7.16. The van der Waals surface area contributed by atoms with Gasteiger partial charge in [-0.15, -0.1) is 11.3 Å². The van der Waals surface area contributed by atoms with E-state index in [0.29, 0.717) is 12.1 Å². The Morgan fingerprint density at radius 3 is 2.89 bits per heavy atom. The van der Waals surface area contributed by atoms with Crippen LogP contribution in [0.1, 0.15) is 47.9 Å². The van der Waals surface area contributed by atoms with Gasteiger partial charge in [0.25, 0.3) is 0 Å². The summed E-state index contributed by atoms with van der Waals surface area (Å²) in [6.45, 7) is 2.23. The molecule has 1 aliphatic carbocycles. The Hall–Kier alpha value is -0.830. The van der Waals surface area contributed by atoms with E-state index in [4.69, 9.17) is 11.6 Å². The predicted molar refractivity (Wildman–Crippen MR) is 83.0 cm³/mol. The second kappa shape index (κ2) is 5.66. The number of halogens is 1. The van der Waals surface area contributed by atoms with Crippen molar-refractivity contribution in [2.24, 2.45) is 0 Å². The van der Waals surface area contributed by atoms with Crippen LogP contribution in [0.2, 0.25) is 4.34 Å². The lowest BCUT2D eigenvalue weighted by molar-refractivity contribution is 0.418. The maximum absolute atomic E-state index is 6.16. The molecule has 1 heterocycles. The van der Waals surface area contributed by atoms with Crippen LogP contribution in [-0.2, 0) is 6.42 Å². The predicted octanol–water partition coefficient (Wildman–Crippen LogP) is 5.13. The fourth-order valence-corrected chi connectivity index (χ4v) is 4.22. The minimum atomic E-state index is 0.371. The lowest BCUT2D eigenvalue weighted by Crippen LogP contribution is -2.27. The van der Waals surface area contributed by atoms with Gasteiger partial charge in [0.15, 0.2) is 0 Å². The summed E-state index contributed by atoms with van der Waals surface area (Å²) in [7, 11) is 0. The van der Waals surface area contributed by atoms with E-state index in [-0.39, 0.29) is 0 Å². The smallest absolute Gasteiger partial charge is 0.0934 e. The van der Waals surface area contributed by atoms with Crippen LogP contribution in [0.5, 0.6) is 0 Å². The van der Waals surface area contributed by atoms with Crippen molar-refractivity contribution in [2.45, 2.75) is 38.3 Å². The summed E-state index contributed by atoms with van der Waals surface area (Å²) in [6.07, 6.45) is 3.64. The van der Waals surface area contributed by atoms with Gasteiger partial charge in [-0.2, -0.15) is 0 Å². The molecule has 0 radical (unpaired) electrons. The topological polar surface area (TPSA) is 12.0 Å². The van der Waals surface area contributed by atoms with Gasteiger partial charge < -0.3 is 5.32 Å². The summed E-state index contributed by atoms with van der Waals surface area (Å²) in [5, 5.41) is 3.75. The first-order valence-corrected chi connectivity index (χ1v) is 8.02. The van der Waals surface area contributed by atoms with Gasteiger partial charge in [0.2, 0.25) is 0 Å². The van der Waals surface area contributed by atoms with Crippen LogP contribution in [0.25, 0.3) is 0 Å². The van der Waals surface area contributed by atoms with E-state index in [0.717, 1.165) is 4.34 Å². The number of nitrogens with one attached hydrogen (secondary N) is 1. The van der Waals surface area contributed by atoms with E-state index in [9.17, 15) is 0 Å². The van der Waals surface area contributed by atoms with Gasteiger partial charge in [0.05, 0.1) is 4.34 Å². The van der Waals surface area contributed by atoms with Crippen molar-refractivity contribution in [3.8, 4) is 0 Å². The van der Waals surface area contributed by atoms with Gasteiger partial charge in [0.1, 0.15) is 0 Å². The molecule has 1 aromatic heterocycles. The molecule has 3 rings (SSSR count). The third-order valence-electron chi connectivity index (χ3n) is 3.83. The van der Waals surface area contributed by atoms with E-state index in [1.807, 2.05) is 0 Å². The molecule has 2 aromatic rings. The summed E-state index contributed by atoms with van der Waals surface area (Å²) < 4.78 is 0.922. The Bertz CT molecular complexity index is 549. The number of hydrogen-bond donors (Lipinski definition) is 1. The summed E-state index contributed by atoms with van der Waals surface area (Å²) >= 11 is 7.90. The molecule has 0 aliphatic heterocycles. The highest BCUT2D eigenvalue weighted by Gasteiger charge is 2.24. The third kappa shape index (κ3) is 2.86. The maximum atomic E-state index is 6.16. The van der Waals surface area contributed by atoms with Gasteiger partial charge in [-0.25, -0.2) is 0 Å². The van der Waals surface area contributed by atoms with Crippen LogP contribution < -0.4 is 5.32 Å². The molecular formula is C16H18ClNS. The normalized spacial score (nSPS) is 20.0. The van der Waals surface area contributed by atoms with E-state index >= 15 is 0 Å². The molecule has 0 amide bonds. The maximum Gasteiger partial charge on any atom is 0.0934 e. The summed E-state index contributed by atoms with van der Waals surface area (Å²) in [5.41, 5.74) is 2.76. The lowest BCUT2D eigenvalue weighted by atomic mass is 9.93. The van der Waals surface area contributed by atoms with Crippen LogP contribution in [0.15, 0.2) is 36.4 Å². The fourth-order valence-electron chi connectivity index (χ4n) is 2.83. The van der Waals surface area contributed by atoms with Crippen molar-refractivity contribution in [1.29, 1.82) is 0 Å². The molecule has 100 valence electrons. The molecule has 1 aromatic carbocycles. The zero-order valence-corrected chi connectivity index (χ0v) is 12.6. The number of aryl methyl sites for hydroxylation is 1. The fraction of sp³-hybridized carbons (Fsp3) is 0.375. The molecule has 19 heavy (non-hydrogen) atoms. The quantitative estimate of drug-likeness (QED) is 0.826. The van der Waals surface area contributed by atoms with Crippen molar-refractivity contribution in [3.63, 3.8) is 0 Å². The second-order valence-electron chi connectivity index (χ2n) is 5.17.